The molecule has 2 rings (SSSR count). The van der Waals surface area contributed by atoms with Crippen molar-refractivity contribution in [3.8, 4) is 0 Å². The number of carbonyl (C=O) groups is 1. The largest absolute Gasteiger partial charge is 0.340 e. The number of carbonyl (C=O) groups excluding carboxylic acids is 1. The molecule has 1 aliphatic heterocycles. The van der Waals surface area contributed by atoms with Gasteiger partial charge in [-0.05, 0) is 25.3 Å². The maximum atomic E-state index is 12.6. The van der Waals surface area contributed by atoms with Crippen molar-refractivity contribution in [2.24, 2.45) is 17.1 Å². The highest BCUT2D eigenvalue weighted by Crippen LogP contribution is 2.39. The van der Waals surface area contributed by atoms with E-state index in [4.69, 9.17) is 5.73 Å². The molecule has 1 atom stereocenters. The van der Waals surface area contributed by atoms with Crippen molar-refractivity contribution in [3.63, 3.8) is 0 Å². The van der Waals surface area contributed by atoms with Crippen LogP contribution in [0.15, 0.2) is 0 Å². The standard InChI is InChI=1S/C15H29N3O/c1-13(11-16)12-17-7-9-18(10-8-17)14(19)15(2)5-3-4-6-15/h13H,3-12,16H2,1-2H3. The summed E-state index contributed by atoms with van der Waals surface area (Å²) in [7, 11) is 0. The molecule has 19 heavy (non-hydrogen) atoms. The highest BCUT2D eigenvalue weighted by Gasteiger charge is 2.39. The molecule has 1 saturated carbocycles. The molecular weight excluding hydrogens is 238 g/mol. The molecule has 4 nitrogen and oxygen atoms in total. The van der Waals surface area contributed by atoms with Gasteiger partial charge in [0.15, 0.2) is 0 Å². The molecule has 1 heterocycles. The summed E-state index contributed by atoms with van der Waals surface area (Å²) in [5.74, 6) is 0.950. The molecule has 0 aromatic rings. The van der Waals surface area contributed by atoms with Gasteiger partial charge in [-0.25, -0.2) is 0 Å². The summed E-state index contributed by atoms with van der Waals surface area (Å²) < 4.78 is 0. The van der Waals surface area contributed by atoms with E-state index >= 15 is 0 Å². The number of nitrogens with two attached hydrogens (primary N) is 1. The van der Waals surface area contributed by atoms with E-state index < -0.39 is 0 Å². The zero-order valence-corrected chi connectivity index (χ0v) is 12.5. The maximum Gasteiger partial charge on any atom is 0.228 e. The molecule has 1 amide bonds. The topological polar surface area (TPSA) is 49.6 Å². The summed E-state index contributed by atoms with van der Waals surface area (Å²) in [6.45, 7) is 9.96. The van der Waals surface area contributed by atoms with Gasteiger partial charge in [-0.2, -0.15) is 0 Å². The van der Waals surface area contributed by atoms with E-state index in [0.29, 0.717) is 11.8 Å². The Kier molecular flexibility index (Phi) is 4.85. The molecule has 2 aliphatic rings. The van der Waals surface area contributed by atoms with Crippen LogP contribution < -0.4 is 5.73 Å². The van der Waals surface area contributed by atoms with E-state index in [-0.39, 0.29) is 5.41 Å². The summed E-state index contributed by atoms with van der Waals surface area (Å²) in [4.78, 5) is 17.1. The highest BCUT2D eigenvalue weighted by molar-refractivity contribution is 5.82. The lowest BCUT2D eigenvalue weighted by molar-refractivity contribution is -0.142. The smallest absolute Gasteiger partial charge is 0.228 e. The van der Waals surface area contributed by atoms with E-state index in [2.05, 4.69) is 23.6 Å². The lowest BCUT2D eigenvalue weighted by Gasteiger charge is -2.39. The Morgan fingerprint density at radius 1 is 1.21 bits per heavy atom. The van der Waals surface area contributed by atoms with E-state index in [0.717, 1.165) is 52.1 Å². The summed E-state index contributed by atoms with van der Waals surface area (Å²) in [5, 5.41) is 0. The fourth-order valence-electron chi connectivity index (χ4n) is 3.40. The Hall–Kier alpha value is -0.610. The second kappa shape index (κ2) is 6.23. The third-order valence-corrected chi connectivity index (χ3v) is 4.86. The zero-order chi connectivity index (χ0) is 13.9. The summed E-state index contributed by atoms with van der Waals surface area (Å²) in [5.41, 5.74) is 5.61. The molecule has 0 radical (unpaired) electrons. The van der Waals surface area contributed by atoms with Crippen molar-refractivity contribution in [2.75, 3.05) is 39.3 Å². The van der Waals surface area contributed by atoms with Crippen LogP contribution in [0.5, 0.6) is 0 Å². The van der Waals surface area contributed by atoms with Gasteiger partial charge >= 0.3 is 0 Å². The molecule has 4 heteroatoms. The van der Waals surface area contributed by atoms with Gasteiger partial charge in [0.1, 0.15) is 0 Å². The van der Waals surface area contributed by atoms with Crippen LogP contribution >= 0.6 is 0 Å². The number of nitrogens with zero attached hydrogens (tertiary/aromatic N) is 2. The minimum Gasteiger partial charge on any atom is -0.340 e. The number of amides is 1. The number of piperazine rings is 1. The van der Waals surface area contributed by atoms with Crippen LogP contribution in [0.2, 0.25) is 0 Å². The molecule has 2 fully saturated rings. The molecule has 0 aromatic carbocycles. The summed E-state index contributed by atoms with van der Waals surface area (Å²) in [6.07, 6.45) is 4.60. The van der Waals surface area contributed by atoms with Crippen molar-refractivity contribution in [3.05, 3.63) is 0 Å². The first-order chi connectivity index (χ1) is 9.05. The van der Waals surface area contributed by atoms with Crippen molar-refractivity contribution in [1.29, 1.82) is 0 Å². The van der Waals surface area contributed by atoms with Gasteiger partial charge < -0.3 is 10.6 Å². The zero-order valence-electron chi connectivity index (χ0n) is 12.5. The Balaban J connectivity index is 1.81. The van der Waals surface area contributed by atoms with Crippen LogP contribution in [0.1, 0.15) is 39.5 Å². The van der Waals surface area contributed by atoms with Gasteiger partial charge in [0.2, 0.25) is 5.91 Å². The predicted molar refractivity (Wildman–Crippen MR) is 77.8 cm³/mol. The molecule has 0 bridgehead atoms. The maximum absolute atomic E-state index is 12.6. The van der Waals surface area contributed by atoms with E-state index in [9.17, 15) is 4.79 Å². The minimum atomic E-state index is -0.0628. The SMILES string of the molecule is CC(CN)CN1CCN(C(=O)C2(C)CCCC2)CC1. The molecular formula is C15H29N3O. The summed E-state index contributed by atoms with van der Waals surface area (Å²) in [6, 6.07) is 0. The fourth-order valence-corrected chi connectivity index (χ4v) is 3.40. The van der Waals surface area contributed by atoms with Crippen molar-refractivity contribution in [1.82, 2.24) is 9.80 Å². The van der Waals surface area contributed by atoms with Gasteiger partial charge in [0, 0.05) is 38.1 Å². The van der Waals surface area contributed by atoms with Gasteiger partial charge in [-0.15, -0.1) is 0 Å². The second-order valence-corrected chi connectivity index (χ2v) is 6.70. The third-order valence-electron chi connectivity index (χ3n) is 4.86. The highest BCUT2D eigenvalue weighted by atomic mass is 16.2. The van der Waals surface area contributed by atoms with Crippen molar-refractivity contribution in [2.45, 2.75) is 39.5 Å². The Bertz CT molecular complexity index is 305. The Labute approximate surface area is 117 Å². The molecule has 0 aromatic heterocycles. The lowest BCUT2D eigenvalue weighted by Crippen LogP contribution is -2.53. The van der Waals surface area contributed by atoms with E-state index in [1.165, 1.54) is 12.8 Å². The fraction of sp³-hybridized carbons (Fsp3) is 0.933. The average molecular weight is 267 g/mol. The van der Waals surface area contributed by atoms with Crippen LogP contribution in [0.3, 0.4) is 0 Å². The molecule has 1 aliphatic carbocycles. The molecule has 2 N–H and O–H groups in total. The predicted octanol–water partition coefficient (Wildman–Crippen LogP) is 1.31. The molecule has 1 saturated heterocycles. The third kappa shape index (κ3) is 3.48. The molecule has 1 unspecified atom stereocenters. The lowest BCUT2D eigenvalue weighted by atomic mass is 9.87. The van der Waals surface area contributed by atoms with Gasteiger partial charge in [0.05, 0.1) is 0 Å². The first-order valence-electron chi connectivity index (χ1n) is 7.77. The van der Waals surface area contributed by atoms with Crippen molar-refractivity contribution < 1.29 is 4.79 Å². The quantitative estimate of drug-likeness (QED) is 0.835. The number of rotatable bonds is 4. The first-order valence-corrected chi connectivity index (χ1v) is 7.77. The minimum absolute atomic E-state index is 0.0628. The van der Waals surface area contributed by atoms with Gasteiger partial charge in [-0.3, -0.25) is 9.69 Å². The summed E-state index contributed by atoms with van der Waals surface area (Å²) >= 11 is 0. The van der Waals surface area contributed by atoms with Crippen LogP contribution in [0.4, 0.5) is 0 Å². The van der Waals surface area contributed by atoms with Crippen molar-refractivity contribution >= 4 is 5.91 Å². The monoisotopic (exact) mass is 267 g/mol. The number of hydrogen-bond donors (Lipinski definition) is 1. The van der Waals surface area contributed by atoms with Crippen LogP contribution in [0, 0.1) is 11.3 Å². The van der Waals surface area contributed by atoms with Gasteiger partial charge in [0.25, 0.3) is 0 Å². The van der Waals surface area contributed by atoms with Gasteiger partial charge in [-0.1, -0.05) is 26.7 Å². The molecule has 110 valence electrons. The van der Waals surface area contributed by atoms with Crippen LogP contribution in [-0.2, 0) is 4.79 Å². The normalized spacial score (nSPS) is 25.5. The van der Waals surface area contributed by atoms with Crippen LogP contribution in [-0.4, -0.2) is 55.0 Å². The first kappa shape index (κ1) is 14.8. The average Bonchev–Trinajstić information content (AvgIpc) is 2.87. The van der Waals surface area contributed by atoms with E-state index in [1.54, 1.807) is 0 Å². The Morgan fingerprint density at radius 2 is 1.79 bits per heavy atom. The number of hydrogen-bond acceptors (Lipinski definition) is 3. The second-order valence-electron chi connectivity index (χ2n) is 6.70. The molecule has 0 spiro atoms. The Morgan fingerprint density at radius 3 is 2.32 bits per heavy atom. The van der Waals surface area contributed by atoms with Crippen LogP contribution in [0.25, 0.3) is 0 Å². The van der Waals surface area contributed by atoms with E-state index in [1.807, 2.05) is 0 Å².